The molecule has 1 aliphatic heterocycles. The van der Waals surface area contributed by atoms with Crippen molar-refractivity contribution in [2.75, 3.05) is 6.54 Å². The summed E-state index contributed by atoms with van der Waals surface area (Å²) in [6.07, 6.45) is 3.33. The summed E-state index contributed by atoms with van der Waals surface area (Å²) in [5, 5.41) is 9.86. The van der Waals surface area contributed by atoms with Gasteiger partial charge in [0.1, 0.15) is 17.0 Å². The monoisotopic (exact) mass is 271 g/mol. The maximum absolute atomic E-state index is 11.3. The smallest absolute Gasteiger partial charge is 0.320 e. The number of aliphatic carboxylic acids is 1. The number of carboxylic acids is 1. The highest BCUT2D eigenvalue weighted by atomic mass is 35.5. The van der Waals surface area contributed by atoms with Crippen LogP contribution in [0.25, 0.3) is 0 Å². The minimum Gasteiger partial charge on any atom is -0.480 e. The number of hydrogen-bond donors (Lipinski definition) is 1. The molecule has 5 nitrogen and oxygen atoms in total. The Morgan fingerprint density at radius 1 is 1.67 bits per heavy atom. The van der Waals surface area contributed by atoms with Gasteiger partial charge in [-0.1, -0.05) is 18.5 Å². The SMILES string of the molecule is CC1CCN(Cc2ncc(Cl)n2C)C(C(=O)O)C1. The highest BCUT2D eigenvalue weighted by molar-refractivity contribution is 6.29. The average Bonchev–Trinajstić information content (AvgIpc) is 2.63. The number of carbonyl (C=O) groups is 1. The van der Waals surface area contributed by atoms with Crippen molar-refractivity contribution in [2.45, 2.75) is 32.4 Å². The summed E-state index contributed by atoms with van der Waals surface area (Å²) >= 11 is 5.93. The zero-order valence-corrected chi connectivity index (χ0v) is 11.4. The number of hydrogen-bond acceptors (Lipinski definition) is 3. The molecule has 2 rings (SSSR count). The molecule has 0 radical (unpaired) electrons. The lowest BCUT2D eigenvalue weighted by molar-refractivity contribution is -0.145. The van der Waals surface area contributed by atoms with E-state index in [0.717, 1.165) is 18.8 Å². The van der Waals surface area contributed by atoms with Crippen molar-refractivity contribution in [3.63, 3.8) is 0 Å². The predicted octanol–water partition coefficient (Wildman–Crippen LogP) is 1.76. The van der Waals surface area contributed by atoms with Crippen LogP contribution in [-0.2, 0) is 18.4 Å². The molecular weight excluding hydrogens is 254 g/mol. The van der Waals surface area contributed by atoms with Crippen molar-refractivity contribution in [1.29, 1.82) is 0 Å². The second-order valence-corrected chi connectivity index (χ2v) is 5.40. The maximum atomic E-state index is 11.3. The molecule has 1 fully saturated rings. The Morgan fingerprint density at radius 3 is 2.94 bits per heavy atom. The normalized spacial score (nSPS) is 25.3. The number of piperidine rings is 1. The van der Waals surface area contributed by atoms with E-state index in [2.05, 4.69) is 11.9 Å². The zero-order valence-electron chi connectivity index (χ0n) is 10.6. The fraction of sp³-hybridized carbons (Fsp3) is 0.667. The van der Waals surface area contributed by atoms with Crippen LogP contribution in [-0.4, -0.2) is 38.1 Å². The van der Waals surface area contributed by atoms with E-state index in [0.29, 0.717) is 24.0 Å². The molecule has 18 heavy (non-hydrogen) atoms. The minimum atomic E-state index is -0.748. The van der Waals surface area contributed by atoms with Gasteiger partial charge in [-0.3, -0.25) is 9.69 Å². The molecule has 100 valence electrons. The van der Waals surface area contributed by atoms with E-state index in [4.69, 9.17) is 11.6 Å². The van der Waals surface area contributed by atoms with Crippen LogP contribution in [0.5, 0.6) is 0 Å². The first-order valence-electron chi connectivity index (χ1n) is 6.12. The van der Waals surface area contributed by atoms with Gasteiger partial charge in [-0.2, -0.15) is 0 Å². The molecule has 1 aromatic heterocycles. The Labute approximate surface area is 111 Å². The van der Waals surface area contributed by atoms with Gasteiger partial charge in [-0.15, -0.1) is 0 Å². The molecule has 1 aliphatic rings. The average molecular weight is 272 g/mol. The van der Waals surface area contributed by atoms with E-state index < -0.39 is 12.0 Å². The molecule has 0 saturated carbocycles. The van der Waals surface area contributed by atoms with Crippen LogP contribution in [0.15, 0.2) is 6.20 Å². The van der Waals surface area contributed by atoms with E-state index in [-0.39, 0.29) is 0 Å². The Hall–Kier alpha value is -1.07. The van der Waals surface area contributed by atoms with Crippen LogP contribution < -0.4 is 0 Å². The van der Waals surface area contributed by atoms with E-state index in [1.165, 1.54) is 0 Å². The van der Waals surface area contributed by atoms with Gasteiger partial charge in [-0.05, 0) is 25.3 Å². The second kappa shape index (κ2) is 5.28. The van der Waals surface area contributed by atoms with Crippen molar-refractivity contribution >= 4 is 17.6 Å². The van der Waals surface area contributed by atoms with Crippen molar-refractivity contribution in [2.24, 2.45) is 13.0 Å². The van der Waals surface area contributed by atoms with Crippen molar-refractivity contribution in [1.82, 2.24) is 14.5 Å². The molecular formula is C12H18ClN3O2. The maximum Gasteiger partial charge on any atom is 0.320 e. The molecule has 6 heteroatoms. The highest BCUT2D eigenvalue weighted by Gasteiger charge is 2.32. The Morgan fingerprint density at radius 2 is 2.39 bits per heavy atom. The molecule has 2 atom stereocenters. The van der Waals surface area contributed by atoms with E-state index in [1.807, 2.05) is 11.9 Å². The van der Waals surface area contributed by atoms with Crippen LogP contribution >= 0.6 is 11.6 Å². The standard InChI is InChI=1S/C12H18ClN3O2/c1-8-3-4-16(9(5-8)12(17)18)7-11-14-6-10(13)15(11)2/h6,8-9H,3-5,7H2,1-2H3,(H,17,18). The van der Waals surface area contributed by atoms with E-state index >= 15 is 0 Å². The van der Waals surface area contributed by atoms with Gasteiger partial charge in [0.05, 0.1) is 12.7 Å². The third-order valence-electron chi connectivity index (χ3n) is 3.63. The summed E-state index contributed by atoms with van der Waals surface area (Å²) < 4.78 is 1.79. The topological polar surface area (TPSA) is 58.4 Å². The fourth-order valence-electron chi connectivity index (χ4n) is 2.39. The third kappa shape index (κ3) is 2.67. The molecule has 0 spiro atoms. The molecule has 2 heterocycles. The number of rotatable bonds is 3. The van der Waals surface area contributed by atoms with E-state index in [1.54, 1.807) is 10.8 Å². The highest BCUT2D eigenvalue weighted by Crippen LogP contribution is 2.24. The van der Waals surface area contributed by atoms with Crippen LogP contribution in [0.4, 0.5) is 0 Å². The molecule has 0 bridgehead atoms. The number of likely N-dealkylation sites (tertiary alicyclic amines) is 1. The molecule has 0 amide bonds. The van der Waals surface area contributed by atoms with Crippen LogP contribution in [0.3, 0.4) is 0 Å². The largest absolute Gasteiger partial charge is 0.480 e. The van der Waals surface area contributed by atoms with Crippen molar-refractivity contribution < 1.29 is 9.90 Å². The van der Waals surface area contributed by atoms with Crippen molar-refractivity contribution in [3.05, 3.63) is 17.2 Å². The summed E-state index contributed by atoms with van der Waals surface area (Å²) in [6, 6.07) is -0.413. The summed E-state index contributed by atoms with van der Waals surface area (Å²) in [7, 11) is 1.84. The van der Waals surface area contributed by atoms with Crippen molar-refractivity contribution in [3.8, 4) is 0 Å². The summed E-state index contributed by atoms with van der Waals surface area (Å²) in [5.41, 5.74) is 0. The van der Waals surface area contributed by atoms with Gasteiger partial charge >= 0.3 is 5.97 Å². The van der Waals surface area contributed by atoms with E-state index in [9.17, 15) is 9.90 Å². The fourth-order valence-corrected chi connectivity index (χ4v) is 2.54. The van der Waals surface area contributed by atoms with Gasteiger partial charge < -0.3 is 9.67 Å². The first-order valence-corrected chi connectivity index (χ1v) is 6.49. The van der Waals surface area contributed by atoms with Crippen LogP contribution in [0.1, 0.15) is 25.6 Å². The van der Waals surface area contributed by atoms with Gasteiger partial charge in [0.15, 0.2) is 0 Å². The van der Waals surface area contributed by atoms with Crippen LogP contribution in [0, 0.1) is 5.92 Å². The Kier molecular flexibility index (Phi) is 3.92. The Balaban J connectivity index is 2.11. The zero-order chi connectivity index (χ0) is 13.3. The molecule has 1 aromatic rings. The lowest BCUT2D eigenvalue weighted by atomic mass is 9.92. The predicted molar refractivity (Wildman–Crippen MR) is 68.4 cm³/mol. The molecule has 1 N–H and O–H groups in total. The Bertz CT molecular complexity index is 447. The molecule has 0 aliphatic carbocycles. The summed E-state index contributed by atoms with van der Waals surface area (Å²) in [4.78, 5) is 17.5. The number of carboxylic acid groups (broad SMARTS) is 1. The van der Waals surface area contributed by atoms with Gasteiger partial charge in [0, 0.05) is 7.05 Å². The summed E-state index contributed by atoms with van der Waals surface area (Å²) in [5.74, 6) is 0.523. The van der Waals surface area contributed by atoms with Gasteiger partial charge in [0.25, 0.3) is 0 Å². The van der Waals surface area contributed by atoms with Gasteiger partial charge in [-0.25, -0.2) is 4.98 Å². The molecule has 0 aromatic carbocycles. The first-order chi connectivity index (χ1) is 8.49. The lowest BCUT2D eigenvalue weighted by Gasteiger charge is -2.35. The molecule has 1 saturated heterocycles. The number of halogens is 1. The quantitative estimate of drug-likeness (QED) is 0.910. The number of nitrogens with zero attached hydrogens (tertiary/aromatic N) is 3. The first kappa shape index (κ1) is 13.4. The van der Waals surface area contributed by atoms with Gasteiger partial charge in [0.2, 0.25) is 0 Å². The number of aromatic nitrogens is 2. The lowest BCUT2D eigenvalue weighted by Crippen LogP contribution is -2.46. The third-order valence-corrected chi connectivity index (χ3v) is 3.98. The number of imidazole rings is 1. The summed E-state index contributed by atoms with van der Waals surface area (Å²) in [6.45, 7) is 3.43. The second-order valence-electron chi connectivity index (χ2n) is 5.01. The van der Waals surface area contributed by atoms with Crippen LogP contribution in [0.2, 0.25) is 5.15 Å². The molecule has 2 unspecified atom stereocenters. The minimum absolute atomic E-state index is 0.413.